The van der Waals surface area contributed by atoms with E-state index in [2.05, 4.69) is 15.9 Å². The summed E-state index contributed by atoms with van der Waals surface area (Å²) in [6.45, 7) is 0.149. The zero-order valence-electron chi connectivity index (χ0n) is 8.63. The standard InChI is InChI=1S/C11H8BrNO4/c12-9-3-1-2-4-10(9)16-7-8-5-6-11(17-8)13(14)15/h1-6H,7H2. The van der Waals surface area contributed by atoms with E-state index in [1.165, 1.54) is 12.1 Å². The zero-order valence-corrected chi connectivity index (χ0v) is 10.2. The molecule has 0 bridgehead atoms. The highest BCUT2D eigenvalue weighted by Gasteiger charge is 2.12. The number of hydrogen-bond donors (Lipinski definition) is 0. The summed E-state index contributed by atoms with van der Waals surface area (Å²) in [5.41, 5.74) is 0. The summed E-state index contributed by atoms with van der Waals surface area (Å²) in [6, 6.07) is 10.2. The van der Waals surface area contributed by atoms with Crippen molar-refractivity contribution in [2.75, 3.05) is 0 Å². The molecule has 0 atom stereocenters. The molecule has 1 aromatic carbocycles. The van der Waals surface area contributed by atoms with Gasteiger partial charge >= 0.3 is 5.88 Å². The van der Waals surface area contributed by atoms with Crippen LogP contribution < -0.4 is 4.74 Å². The van der Waals surface area contributed by atoms with Gasteiger partial charge in [0.2, 0.25) is 0 Å². The lowest BCUT2D eigenvalue weighted by molar-refractivity contribution is -0.402. The van der Waals surface area contributed by atoms with Gasteiger partial charge in [0, 0.05) is 0 Å². The predicted molar refractivity (Wildman–Crippen MR) is 63.8 cm³/mol. The van der Waals surface area contributed by atoms with E-state index in [-0.39, 0.29) is 12.5 Å². The average Bonchev–Trinajstić information content (AvgIpc) is 2.77. The molecule has 1 aromatic heterocycles. The fourth-order valence-electron chi connectivity index (χ4n) is 1.25. The van der Waals surface area contributed by atoms with E-state index in [0.29, 0.717) is 11.5 Å². The Morgan fingerprint density at radius 2 is 2.06 bits per heavy atom. The molecule has 0 fully saturated rings. The maximum absolute atomic E-state index is 10.4. The zero-order chi connectivity index (χ0) is 12.3. The van der Waals surface area contributed by atoms with Gasteiger partial charge in [-0.15, -0.1) is 0 Å². The number of benzene rings is 1. The van der Waals surface area contributed by atoms with Crippen LogP contribution in [0.15, 0.2) is 45.3 Å². The number of furan rings is 1. The third kappa shape index (κ3) is 2.85. The van der Waals surface area contributed by atoms with Crippen molar-refractivity contribution in [2.45, 2.75) is 6.61 Å². The van der Waals surface area contributed by atoms with Crippen LogP contribution in [-0.2, 0) is 6.61 Å². The summed E-state index contributed by atoms with van der Waals surface area (Å²) in [6.07, 6.45) is 0. The van der Waals surface area contributed by atoms with Gasteiger partial charge < -0.3 is 9.15 Å². The van der Waals surface area contributed by atoms with Crippen molar-refractivity contribution in [2.24, 2.45) is 0 Å². The van der Waals surface area contributed by atoms with Crippen molar-refractivity contribution < 1.29 is 14.1 Å². The van der Waals surface area contributed by atoms with E-state index in [4.69, 9.17) is 9.15 Å². The first-order chi connectivity index (χ1) is 8.16. The Morgan fingerprint density at radius 3 is 2.71 bits per heavy atom. The molecule has 0 aliphatic carbocycles. The summed E-state index contributed by atoms with van der Waals surface area (Å²) < 4.78 is 11.2. The molecule has 0 unspecified atom stereocenters. The fourth-order valence-corrected chi connectivity index (χ4v) is 1.65. The van der Waals surface area contributed by atoms with E-state index in [1.807, 2.05) is 18.2 Å². The van der Waals surface area contributed by atoms with E-state index >= 15 is 0 Å². The third-order valence-electron chi connectivity index (χ3n) is 2.03. The molecule has 0 saturated heterocycles. The molecule has 0 amide bonds. The minimum Gasteiger partial charge on any atom is -0.484 e. The number of halogens is 1. The summed E-state index contributed by atoms with van der Waals surface area (Å²) in [5, 5.41) is 10.4. The minimum absolute atomic E-state index is 0.149. The predicted octanol–water partition coefficient (Wildman–Crippen LogP) is 3.53. The first-order valence-corrected chi connectivity index (χ1v) is 5.56. The van der Waals surface area contributed by atoms with Crippen LogP contribution in [0.5, 0.6) is 5.75 Å². The summed E-state index contributed by atoms with van der Waals surface area (Å²) >= 11 is 3.33. The van der Waals surface area contributed by atoms with Gasteiger partial charge in [-0.25, -0.2) is 0 Å². The van der Waals surface area contributed by atoms with Gasteiger partial charge in [-0.05, 0) is 34.1 Å². The van der Waals surface area contributed by atoms with Crippen molar-refractivity contribution in [3.05, 3.63) is 56.7 Å². The normalized spacial score (nSPS) is 10.2. The van der Waals surface area contributed by atoms with E-state index < -0.39 is 4.92 Å². The smallest absolute Gasteiger partial charge is 0.433 e. The lowest BCUT2D eigenvalue weighted by Crippen LogP contribution is -1.94. The second kappa shape index (κ2) is 5.01. The van der Waals surface area contributed by atoms with Crippen LogP contribution in [0.2, 0.25) is 0 Å². The number of hydrogen-bond acceptors (Lipinski definition) is 4. The molecule has 0 saturated carbocycles. The van der Waals surface area contributed by atoms with E-state index in [1.54, 1.807) is 6.07 Å². The van der Waals surface area contributed by atoms with Crippen LogP contribution in [0.25, 0.3) is 0 Å². The highest BCUT2D eigenvalue weighted by Crippen LogP contribution is 2.25. The summed E-state index contributed by atoms with van der Waals surface area (Å²) in [5.74, 6) is 0.787. The molecular formula is C11H8BrNO4. The second-order valence-electron chi connectivity index (χ2n) is 3.22. The van der Waals surface area contributed by atoms with E-state index in [9.17, 15) is 10.1 Å². The van der Waals surface area contributed by atoms with Crippen LogP contribution in [0.4, 0.5) is 5.88 Å². The molecule has 6 heteroatoms. The Hall–Kier alpha value is -1.82. The molecule has 1 heterocycles. The first kappa shape index (κ1) is 11.7. The SMILES string of the molecule is O=[N+]([O-])c1ccc(COc2ccccc2Br)o1. The lowest BCUT2D eigenvalue weighted by Gasteiger charge is -2.05. The highest BCUT2D eigenvalue weighted by molar-refractivity contribution is 9.10. The highest BCUT2D eigenvalue weighted by atomic mass is 79.9. The third-order valence-corrected chi connectivity index (χ3v) is 2.69. The number of nitro groups is 1. The van der Waals surface area contributed by atoms with Crippen LogP contribution in [0, 0.1) is 10.1 Å². The molecule has 88 valence electrons. The van der Waals surface area contributed by atoms with Crippen LogP contribution >= 0.6 is 15.9 Å². The Bertz CT molecular complexity index is 538. The fraction of sp³-hybridized carbons (Fsp3) is 0.0909. The molecule has 2 aromatic rings. The van der Waals surface area contributed by atoms with Gasteiger partial charge in [0.05, 0.1) is 10.5 Å². The molecule has 0 radical (unpaired) electrons. The number of nitrogens with zero attached hydrogens (tertiary/aromatic N) is 1. The van der Waals surface area contributed by atoms with Crippen LogP contribution in [0.1, 0.15) is 5.76 Å². The second-order valence-corrected chi connectivity index (χ2v) is 4.07. The number of ether oxygens (including phenoxy) is 1. The summed E-state index contributed by atoms with van der Waals surface area (Å²) in [4.78, 5) is 9.82. The van der Waals surface area contributed by atoms with Crippen molar-refractivity contribution >= 4 is 21.8 Å². The van der Waals surface area contributed by atoms with Crippen LogP contribution in [0.3, 0.4) is 0 Å². The van der Waals surface area contributed by atoms with Gasteiger partial charge in [-0.2, -0.15) is 0 Å². The van der Waals surface area contributed by atoms with Gasteiger partial charge in [-0.3, -0.25) is 10.1 Å². The summed E-state index contributed by atoms with van der Waals surface area (Å²) in [7, 11) is 0. The Morgan fingerprint density at radius 1 is 1.29 bits per heavy atom. The molecule has 0 N–H and O–H groups in total. The topological polar surface area (TPSA) is 65.5 Å². The minimum atomic E-state index is -0.581. The first-order valence-electron chi connectivity index (χ1n) is 4.77. The average molecular weight is 298 g/mol. The van der Waals surface area contributed by atoms with Crippen molar-refractivity contribution in [3.8, 4) is 5.75 Å². The largest absolute Gasteiger partial charge is 0.484 e. The van der Waals surface area contributed by atoms with Gasteiger partial charge in [-0.1, -0.05) is 12.1 Å². The molecular weight excluding hydrogens is 290 g/mol. The van der Waals surface area contributed by atoms with Crippen molar-refractivity contribution in [1.29, 1.82) is 0 Å². The maximum atomic E-state index is 10.4. The van der Waals surface area contributed by atoms with Gasteiger partial charge in [0.25, 0.3) is 0 Å². The Balaban J connectivity index is 2.02. The Labute approximate surface area is 105 Å². The molecule has 0 spiro atoms. The van der Waals surface area contributed by atoms with Gasteiger partial charge in [0.15, 0.2) is 0 Å². The Kier molecular flexibility index (Phi) is 3.43. The molecule has 2 rings (SSSR count). The monoisotopic (exact) mass is 297 g/mol. The molecule has 5 nitrogen and oxygen atoms in total. The molecule has 0 aliphatic rings. The van der Waals surface area contributed by atoms with Crippen molar-refractivity contribution in [1.82, 2.24) is 0 Å². The lowest BCUT2D eigenvalue weighted by atomic mass is 10.3. The van der Waals surface area contributed by atoms with E-state index in [0.717, 1.165) is 4.47 Å². The quantitative estimate of drug-likeness (QED) is 0.639. The van der Waals surface area contributed by atoms with Crippen LogP contribution in [-0.4, -0.2) is 4.92 Å². The number of para-hydroxylation sites is 1. The van der Waals surface area contributed by atoms with Crippen molar-refractivity contribution in [3.63, 3.8) is 0 Å². The van der Waals surface area contributed by atoms with Gasteiger partial charge in [0.1, 0.15) is 23.0 Å². The molecule has 0 aliphatic heterocycles. The maximum Gasteiger partial charge on any atom is 0.433 e. The number of rotatable bonds is 4. The molecule has 17 heavy (non-hydrogen) atoms.